The summed E-state index contributed by atoms with van der Waals surface area (Å²) < 4.78 is 12.9. The maximum absolute atomic E-state index is 9.68. The minimum absolute atomic E-state index is 0.453. The fraction of sp³-hybridized carbons (Fsp3) is 0.467. The van der Waals surface area contributed by atoms with Crippen LogP contribution in [0.1, 0.15) is 32.1 Å². The van der Waals surface area contributed by atoms with E-state index in [0.29, 0.717) is 37.6 Å². The van der Waals surface area contributed by atoms with Gasteiger partial charge in [-0.25, -0.2) is 4.68 Å². The average molecular weight is 291 g/mol. The highest BCUT2D eigenvalue weighted by Crippen LogP contribution is 2.26. The normalized spacial score (nSPS) is 12.1. The van der Waals surface area contributed by atoms with E-state index < -0.39 is 6.10 Å². The van der Waals surface area contributed by atoms with Gasteiger partial charge in [0.1, 0.15) is 12.3 Å². The molecule has 0 saturated carbocycles. The molecule has 1 unspecified atom stereocenters. The van der Waals surface area contributed by atoms with E-state index in [9.17, 15) is 5.11 Å². The molecule has 6 nitrogen and oxygen atoms in total. The van der Waals surface area contributed by atoms with Gasteiger partial charge in [0, 0.05) is 0 Å². The van der Waals surface area contributed by atoms with Crippen molar-refractivity contribution in [3.63, 3.8) is 0 Å². The lowest BCUT2D eigenvalue weighted by molar-refractivity contribution is 0.168. The number of hydrogen-bond donors (Lipinski definition) is 1. The smallest absolute Gasteiger partial charge is 0.161 e. The first-order valence-electron chi connectivity index (χ1n) is 7.17. The van der Waals surface area contributed by atoms with Crippen molar-refractivity contribution in [2.75, 3.05) is 13.2 Å². The molecule has 0 amide bonds. The first-order chi connectivity index (χ1) is 10.2. The van der Waals surface area contributed by atoms with Crippen molar-refractivity contribution >= 4 is 0 Å². The van der Waals surface area contributed by atoms with Gasteiger partial charge in [-0.3, -0.25) is 0 Å². The van der Waals surface area contributed by atoms with Gasteiger partial charge in [-0.1, -0.05) is 24.3 Å². The molecular weight excluding hydrogens is 270 g/mol. The Hall–Kier alpha value is -2.08. The van der Waals surface area contributed by atoms with Crippen LogP contribution in [-0.2, 0) is 6.54 Å². The van der Waals surface area contributed by atoms with Gasteiger partial charge < -0.3 is 14.6 Å². The summed E-state index contributed by atoms with van der Waals surface area (Å²) in [5.41, 5.74) is 0.590. The third kappa shape index (κ3) is 4.19. The van der Waals surface area contributed by atoms with E-state index >= 15 is 0 Å². The lowest BCUT2D eigenvalue weighted by atomic mass is 10.2. The Labute approximate surface area is 124 Å². The molecule has 2 aromatic rings. The first kappa shape index (κ1) is 15.3. The maximum atomic E-state index is 9.68. The van der Waals surface area contributed by atoms with Crippen LogP contribution in [0, 0.1) is 0 Å². The van der Waals surface area contributed by atoms with Crippen molar-refractivity contribution in [2.45, 2.75) is 32.9 Å². The van der Waals surface area contributed by atoms with E-state index in [2.05, 4.69) is 10.3 Å². The molecule has 1 aromatic heterocycles. The van der Waals surface area contributed by atoms with Crippen molar-refractivity contribution in [3.8, 4) is 11.5 Å². The summed E-state index contributed by atoms with van der Waals surface area (Å²) in [6.07, 6.45) is 1.81. The molecule has 0 bridgehead atoms. The molecule has 0 aliphatic rings. The van der Waals surface area contributed by atoms with Gasteiger partial charge in [0.2, 0.25) is 0 Å². The summed E-state index contributed by atoms with van der Waals surface area (Å²) >= 11 is 0. The molecule has 0 aliphatic heterocycles. The number of aromatic nitrogens is 3. The second kappa shape index (κ2) is 7.64. The standard InChI is InChI=1S/C15H21N3O3/c1-3-13(19)12-11-18(17-16-12)9-10-21-15-8-6-5-7-14(15)20-4-2/h5-8,11,13,19H,3-4,9-10H2,1-2H3. The summed E-state index contributed by atoms with van der Waals surface area (Å²) in [4.78, 5) is 0. The number of hydrogen-bond acceptors (Lipinski definition) is 5. The summed E-state index contributed by atoms with van der Waals surface area (Å²) in [5, 5.41) is 17.6. The van der Waals surface area contributed by atoms with Crippen LogP contribution in [0.5, 0.6) is 11.5 Å². The van der Waals surface area contributed by atoms with Crippen LogP contribution in [0.4, 0.5) is 0 Å². The summed E-state index contributed by atoms with van der Waals surface area (Å²) in [7, 11) is 0. The zero-order valence-electron chi connectivity index (χ0n) is 12.4. The van der Waals surface area contributed by atoms with Crippen LogP contribution < -0.4 is 9.47 Å². The third-order valence-electron chi connectivity index (χ3n) is 3.01. The zero-order chi connectivity index (χ0) is 15.1. The minimum atomic E-state index is -0.557. The predicted octanol–water partition coefficient (Wildman–Crippen LogP) is 2.20. The maximum Gasteiger partial charge on any atom is 0.161 e. The average Bonchev–Trinajstić information content (AvgIpc) is 2.97. The highest BCUT2D eigenvalue weighted by molar-refractivity contribution is 5.39. The highest BCUT2D eigenvalue weighted by Gasteiger charge is 2.09. The Morgan fingerprint density at radius 2 is 1.90 bits per heavy atom. The molecule has 1 aromatic carbocycles. The molecule has 1 N–H and O–H groups in total. The van der Waals surface area contributed by atoms with Crippen LogP contribution in [0.2, 0.25) is 0 Å². The van der Waals surface area contributed by atoms with Crippen LogP contribution in [0.3, 0.4) is 0 Å². The van der Waals surface area contributed by atoms with Gasteiger partial charge in [-0.05, 0) is 25.5 Å². The van der Waals surface area contributed by atoms with E-state index in [-0.39, 0.29) is 0 Å². The summed E-state index contributed by atoms with van der Waals surface area (Å²) in [6.45, 7) is 5.45. The van der Waals surface area contributed by atoms with E-state index in [1.165, 1.54) is 0 Å². The molecule has 21 heavy (non-hydrogen) atoms. The van der Waals surface area contributed by atoms with E-state index in [1.54, 1.807) is 10.9 Å². The molecule has 0 saturated heterocycles. The summed E-state index contributed by atoms with van der Waals surface area (Å²) in [6, 6.07) is 7.57. The molecule has 0 aliphatic carbocycles. The third-order valence-corrected chi connectivity index (χ3v) is 3.01. The SMILES string of the molecule is CCOc1ccccc1OCCn1cc(C(O)CC)nn1. The van der Waals surface area contributed by atoms with Crippen LogP contribution in [0.15, 0.2) is 30.5 Å². The van der Waals surface area contributed by atoms with Crippen molar-refractivity contribution in [1.29, 1.82) is 0 Å². The summed E-state index contributed by atoms with van der Waals surface area (Å²) in [5.74, 6) is 1.45. The molecule has 0 spiro atoms. The molecule has 6 heteroatoms. The van der Waals surface area contributed by atoms with E-state index in [0.717, 1.165) is 5.75 Å². The number of para-hydroxylation sites is 2. The fourth-order valence-electron chi connectivity index (χ4n) is 1.88. The van der Waals surface area contributed by atoms with Gasteiger partial charge in [-0.15, -0.1) is 5.10 Å². The molecule has 2 rings (SSSR count). The van der Waals surface area contributed by atoms with Crippen LogP contribution in [-0.4, -0.2) is 33.3 Å². The Bertz CT molecular complexity index is 557. The number of aliphatic hydroxyl groups is 1. The molecule has 1 heterocycles. The predicted molar refractivity (Wildman–Crippen MR) is 78.4 cm³/mol. The Morgan fingerprint density at radius 1 is 1.19 bits per heavy atom. The van der Waals surface area contributed by atoms with Gasteiger partial charge in [0.15, 0.2) is 11.5 Å². The quantitative estimate of drug-likeness (QED) is 0.807. The molecule has 0 fully saturated rings. The number of nitrogens with zero attached hydrogens (tertiary/aromatic N) is 3. The van der Waals surface area contributed by atoms with Crippen LogP contribution >= 0.6 is 0 Å². The zero-order valence-corrected chi connectivity index (χ0v) is 12.4. The lowest BCUT2D eigenvalue weighted by Gasteiger charge is -2.11. The Kier molecular flexibility index (Phi) is 5.57. The Morgan fingerprint density at radius 3 is 2.57 bits per heavy atom. The first-order valence-corrected chi connectivity index (χ1v) is 7.17. The van der Waals surface area contributed by atoms with Crippen LogP contribution in [0.25, 0.3) is 0 Å². The number of benzene rings is 1. The molecule has 1 atom stereocenters. The van der Waals surface area contributed by atoms with Crippen molar-refractivity contribution in [1.82, 2.24) is 15.0 Å². The van der Waals surface area contributed by atoms with Gasteiger partial charge in [-0.2, -0.15) is 0 Å². The van der Waals surface area contributed by atoms with E-state index in [4.69, 9.17) is 9.47 Å². The number of ether oxygens (including phenoxy) is 2. The number of rotatable bonds is 8. The largest absolute Gasteiger partial charge is 0.490 e. The second-order valence-electron chi connectivity index (χ2n) is 4.56. The lowest BCUT2D eigenvalue weighted by Crippen LogP contribution is -2.09. The van der Waals surface area contributed by atoms with Gasteiger partial charge in [0.05, 0.1) is 25.5 Å². The molecule has 0 radical (unpaired) electrons. The topological polar surface area (TPSA) is 69.4 Å². The van der Waals surface area contributed by atoms with Crippen molar-refractivity contribution < 1.29 is 14.6 Å². The van der Waals surface area contributed by atoms with Crippen molar-refractivity contribution in [3.05, 3.63) is 36.2 Å². The van der Waals surface area contributed by atoms with Gasteiger partial charge in [0.25, 0.3) is 0 Å². The van der Waals surface area contributed by atoms with Crippen molar-refractivity contribution in [2.24, 2.45) is 0 Å². The van der Waals surface area contributed by atoms with Gasteiger partial charge >= 0.3 is 0 Å². The van der Waals surface area contributed by atoms with E-state index in [1.807, 2.05) is 38.1 Å². The Balaban J connectivity index is 1.88. The monoisotopic (exact) mass is 291 g/mol. The minimum Gasteiger partial charge on any atom is -0.490 e. The number of aliphatic hydroxyl groups excluding tert-OH is 1. The molecular formula is C15H21N3O3. The fourth-order valence-corrected chi connectivity index (χ4v) is 1.88. The molecule has 114 valence electrons. The second-order valence-corrected chi connectivity index (χ2v) is 4.56. The highest BCUT2D eigenvalue weighted by atomic mass is 16.5.